The predicted octanol–water partition coefficient (Wildman–Crippen LogP) is -3.80. The van der Waals surface area contributed by atoms with Crippen LogP contribution in [0.3, 0.4) is 0 Å². The van der Waals surface area contributed by atoms with Crippen LogP contribution in [0.2, 0.25) is 0 Å². The lowest BCUT2D eigenvalue weighted by Crippen LogP contribution is -2.57. The average molecular weight is 223 g/mol. The van der Waals surface area contributed by atoms with Gasteiger partial charge in [0.15, 0.2) is 0 Å². The summed E-state index contributed by atoms with van der Waals surface area (Å²) >= 11 is 0. The molecule has 1 aliphatic heterocycles. The molecule has 0 amide bonds. The largest absolute Gasteiger partial charge is 0.478 e. The van der Waals surface area contributed by atoms with Crippen LogP contribution in [-0.2, 0) is 9.53 Å². The third-order valence-electron chi connectivity index (χ3n) is 2.33. The van der Waals surface area contributed by atoms with Crippen molar-refractivity contribution in [3.8, 4) is 0 Å². The zero-order valence-corrected chi connectivity index (χ0v) is 7.65. The number of nitrogens with two attached hydrogens (primary N) is 1. The van der Waals surface area contributed by atoms with Gasteiger partial charge in [-0.2, -0.15) is 0 Å². The Hall–Kier alpha value is -0.770. The number of carboxylic acid groups (broad SMARTS) is 1. The van der Waals surface area contributed by atoms with Crippen LogP contribution in [0, 0.1) is 0 Å². The molecular weight excluding hydrogens is 210 g/mol. The molecule has 1 saturated heterocycles. The second-order valence-corrected chi connectivity index (χ2v) is 3.37. The molecule has 7 N–H and O–H groups in total. The third-order valence-corrected chi connectivity index (χ3v) is 2.33. The van der Waals surface area contributed by atoms with E-state index < -0.39 is 42.7 Å². The molecule has 8 nitrogen and oxygen atoms in total. The summed E-state index contributed by atoms with van der Waals surface area (Å²) in [5.41, 5.74) is 2.72. The van der Waals surface area contributed by atoms with Crippen molar-refractivity contribution < 1.29 is 35.1 Å². The normalized spacial score (nSPS) is 42.9. The Labute approximate surface area is 84.5 Å². The third kappa shape index (κ3) is 1.83. The molecule has 0 radical (unpaired) electrons. The fourth-order valence-corrected chi connectivity index (χ4v) is 1.38. The summed E-state index contributed by atoms with van der Waals surface area (Å²) < 4.78 is 4.66. The minimum atomic E-state index is -2.47. The van der Waals surface area contributed by atoms with Gasteiger partial charge in [0.1, 0.15) is 24.4 Å². The summed E-state index contributed by atoms with van der Waals surface area (Å²) in [6.45, 7) is -0.746. The molecule has 8 heteroatoms. The summed E-state index contributed by atoms with van der Waals surface area (Å²) in [7, 11) is 0. The lowest BCUT2D eigenvalue weighted by molar-refractivity contribution is -0.177. The molecule has 0 bridgehead atoms. The number of ether oxygens (including phenoxy) is 1. The number of rotatable bonds is 3. The summed E-state index contributed by atoms with van der Waals surface area (Å²) in [5.74, 6) is -1.67. The van der Waals surface area contributed by atoms with E-state index in [2.05, 4.69) is 4.74 Å². The van der Waals surface area contributed by atoms with E-state index in [4.69, 9.17) is 21.1 Å². The van der Waals surface area contributed by atoms with Crippen molar-refractivity contribution in [2.75, 3.05) is 6.61 Å². The fraction of sp³-hybridized carbons (Fsp3) is 0.857. The number of carboxylic acids is 1. The Bertz CT molecular complexity index is 260. The second kappa shape index (κ2) is 4.00. The Morgan fingerprint density at radius 3 is 2.40 bits per heavy atom. The topological polar surface area (TPSA) is 153 Å². The van der Waals surface area contributed by atoms with E-state index >= 15 is 0 Å². The van der Waals surface area contributed by atoms with Crippen LogP contribution in [0.4, 0.5) is 0 Å². The first kappa shape index (κ1) is 12.3. The van der Waals surface area contributed by atoms with Crippen LogP contribution in [0.25, 0.3) is 0 Å². The van der Waals surface area contributed by atoms with Crippen LogP contribution >= 0.6 is 0 Å². The molecule has 1 unspecified atom stereocenters. The van der Waals surface area contributed by atoms with Crippen molar-refractivity contribution in [3.63, 3.8) is 0 Å². The first-order valence-corrected chi connectivity index (χ1v) is 4.19. The molecule has 0 aliphatic carbocycles. The molecule has 88 valence electrons. The first-order chi connectivity index (χ1) is 6.84. The zero-order chi connectivity index (χ0) is 11.8. The standard InChI is InChI=1S/C7H13NO7/c8-7(6(13)14)5(12)3(11)4(15-7)2(10)1-9/h2-5,9-12H,1,8H2,(H,13,14)/t2?,3-,4-,5+,7+/m0/s1. The number of hydrogen-bond donors (Lipinski definition) is 6. The van der Waals surface area contributed by atoms with Crippen LogP contribution in [0.1, 0.15) is 0 Å². The van der Waals surface area contributed by atoms with Crippen molar-refractivity contribution in [1.29, 1.82) is 0 Å². The molecule has 0 aromatic heterocycles. The van der Waals surface area contributed by atoms with Gasteiger partial charge in [0.2, 0.25) is 5.72 Å². The molecule has 0 saturated carbocycles. The smallest absolute Gasteiger partial charge is 0.354 e. The molecule has 15 heavy (non-hydrogen) atoms. The number of aliphatic hydroxyl groups is 4. The van der Waals surface area contributed by atoms with Gasteiger partial charge in [-0.1, -0.05) is 0 Å². The lowest BCUT2D eigenvalue weighted by atomic mass is 10.0. The maximum Gasteiger partial charge on any atom is 0.354 e. The Morgan fingerprint density at radius 1 is 1.53 bits per heavy atom. The zero-order valence-electron chi connectivity index (χ0n) is 7.65. The number of aliphatic hydroxyl groups excluding tert-OH is 4. The fourth-order valence-electron chi connectivity index (χ4n) is 1.38. The van der Waals surface area contributed by atoms with E-state index in [9.17, 15) is 15.0 Å². The monoisotopic (exact) mass is 223 g/mol. The molecule has 1 aliphatic rings. The molecular formula is C7H13NO7. The summed E-state index contributed by atoms with van der Waals surface area (Å²) in [5, 5.41) is 45.1. The highest BCUT2D eigenvalue weighted by Crippen LogP contribution is 2.29. The molecule has 0 aromatic rings. The minimum Gasteiger partial charge on any atom is -0.478 e. The summed E-state index contributed by atoms with van der Waals surface area (Å²) in [6, 6.07) is 0. The molecule has 5 atom stereocenters. The lowest BCUT2D eigenvalue weighted by Gasteiger charge is -2.22. The Kier molecular flexibility index (Phi) is 3.28. The van der Waals surface area contributed by atoms with Crippen LogP contribution in [-0.4, -0.2) is 68.2 Å². The van der Waals surface area contributed by atoms with Crippen molar-refractivity contribution in [2.24, 2.45) is 5.73 Å². The summed E-state index contributed by atoms with van der Waals surface area (Å²) in [4.78, 5) is 10.7. The van der Waals surface area contributed by atoms with Crippen LogP contribution < -0.4 is 5.73 Å². The molecule has 1 heterocycles. The van der Waals surface area contributed by atoms with E-state index in [-0.39, 0.29) is 0 Å². The first-order valence-electron chi connectivity index (χ1n) is 4.19. The Balaban J connectivity index is 2.89. The highest BCUT2D eigenvalue weighted by atomic mass is 16.6. The minimum absolute atomic E-state index is 0.746. The highest BCUT2D eigenvalue weighted by Gasteiger charge is 2.58. The van der Waals surface area contributed by atoms with E-state index in [1.54, 1.807) is 0 Å². The number of aliphatic carboxylic acids is 1. The van der Waals surface area contributed by atoms with E-state index in [1.807, 2.05) is 0 Å². The number of carbonyl (C=O) groups is 1. The van der Waals surface area contributed by atoms with E-state index in [0.29, 0.717) is 0 Å². The van der Waals surface area contributed by atoms with Gasteiger partial charge < -0.3 is 30.3 Å². The van der Waals surface area contributed by atoms with Gasteiger partial charge in [0, 0.05) is 0 Å². The van der Waals surface area contributed by atoms with Gasteiger partial charge in [-0.15, -0.1) is 0 Å². The van der Waals surface area contributed by atoms with Gasteiger partial charge in [0.05, 0.1) is 6.61 Å². The SMILES string of the molecule is N[C@@]1(C(=O)O)O[C@@H](C(O)CO)[C@H](O)[C@H]1O. The average Bonchev–Trinajstić information content (AvgIpc) is 2.43. The molecule has 0 spiro atoms. The maximum absolute atomic E-state index is 10.7. The molecule has 1 fully saturated rings. The summed E-state index contributed by atoms with van der Waals surface area (Å²) in [6.07, 6.45) is -6.50. The van der Waals surface area contributed by atoms with Gasteiger partial charge in [-0.05, 0) is 0 Å². The van der Waals surface area contributed by atoms with Gasteiger partial charge in [-0.3, -0.25) is 5.73 Å². The van der Waals surface area contributed by atoms with E-state index in [1.165, 1.54) is 0 Å². The maximum atomic E-state index is 10.7. The highest BCUT2D eigenvalue weighted by molar-refractivity contribution is 5.78. The predicted molar refractivity (Wildman–Crippen MR) is 44.5 cm³/mol. The van der Waals surface area contributed by atoms with Gasteiger partial charge in [-0.25, -0.2) is 4.79 Å². The Morgan fingerprint density at radius 2 is 2.07 bits per heavy atom. The van der Waals surface area contributed by atoms with E-state index in [0.717, 1.165) is 0 Å². The molecule has 1 rings (SSSR count). The molecule has 0 aromatic carbocycles. The quantitative estimate of drug-likeness (QED) is 0.285. The van der Waals surface area contributed by atoms with Crippen molar-refractivity contribution in [2.45, 2.75) is 30.1 Å². The number of hydrogen-bond acceptors (Lipinski definition) is 7. The second-order valence-electron chi connectivity index (χ2n) is 3.37. The van der Waals surface area contributed by atoms with Gasteiger partial charge >= 0.3 is 5.97 Å². The van der Waals surface area contributed by atoms with Crippen molar-refractivity contribution >= 4 is 5.97 Å². The van der Waals surface area contributed by atoms with Crippen LogP contribution in [0.5, 0.6) is 0 Å². The van der Waals surface area contributed by atoms with Crippen molar-refractivity contribution in [1.82, 2.24) is 0 Å². The van der Waals surface area contributed by atoms with Crippen molar-refractivity contribution in [3.05, 3.63) is 0 Å². The van der Waals surface area contributed by atoms with Crippen LogP contribution in [0.15, 0.2) is 0 Å². The van der Waals surface area contributed by atoms with Gasteiger partial charge in [0.25, 0.3) is 0 Å².